The molecule has 0 aliphatic heterocycles. The van der Waals surface area contributed by atoms with Gasteiger partial charge >= 0.3 is 0 Å². The van der Waals surface area contributed by atoms with Crippen molar-refractivity contribution < 1.29 is 9.53 Å². The van der Waals surface area contributed by atoms with E-state index in [1.54, 1.807) is 0 Å². The summed E-state index contributed by atoms with van der Waals surface area (Å²) < 4.78 is 5.06. The Hall–Kier alpha value is -0.410. The molecule has 0 saturated carbocycles. The van der Waals surface area contributed by atoms with Crippen LogP contribution in [0.5, 0.6) is 0 Å². The Bertz CT molecular complexity index is 138. The van der Waals surface area contributed by atoms with E-state index in [2.05, 4.69) is 19.2 Å². The van der Waals surface area contributed by atoms with Crippen LogP contribution in [-0.2, 0) is 9.53 Å². The lowest BCUT2D eigenvalue weighted by molar-refractivity contribution is -0.108. The summed E-state index contributed by atoms with van der Waals surface area (Å²) >= 11 is 0. The molecule has 0 unspecified atom stereocenters. The van der Waals surface area contributed by atoms with Gasteiger partial charge in [0.1, 0.15) is 6.29 Å². The van der Waals surface area contributed by atoms with Crippen LogP contribution in [-0.4, -0.2) is 33.1 Å². The van der Waals surface area contributed by atoms with Crippen molar-refractivity contribution >= 4 is 6.29 Å². The second kappa shape index (κ2) is 18.0. The molecule has 3 nitrogen and oxygen atoms in total. The van der Waals surface area contributed by atoms with E-state index in [1.165, 1.54) is 12.8 Å². The zero-order valence-corrected chi connectivity index (χ0v) is 12.1. The van der Waals surface area contributed by atoms with Crippen molar-refractivity contribution in [3.05, 3.63) is 0 Å². The summed E-state index contributed by atoms with van der Waals surface area (Å²) in [5.74, 6) is 0.864. The summed E-state index contributed by atoms with van der Waals surface area (Å²) in [6.07, 6.45) is 6.25. The Morgan fingerprint density at radius 3 is 2.41 bits per heavy atom. The van der Waals surface area contributed by atoms with Gasteiger partial charge in [-0.2, -0.15) is 0 Å². The van der Waals surface area contributed by atoms with E-state index >= 15 is 0 Å². The minimum atomic E-state index is 0.674. The molecule has 17 heavy (non-hydrogen) atoms. The molecule has 0 spiro atoms. The molecule has 0 bridgehead atoms. The Labute approximate surface area is 107 Å². The third-order valence-electron chi connectivity index (χ3n) is 2.27. The van der Waals surface area contributed by atoms with Crippen molar-refractivity contribution in [2.75, 3.05) is 26.8 Å². The fourth-order valence-corrected chi connectivity index (χ4v) is 1.26. The first-order chi connectivity index (χ1) is 8.18. The van der Waals surface area contributed by atoms with E-state index < -0.39 is 0 Å². The second-order valence-electron chi connectivity index (χ2n) is 4.50. The number of hydrogen-bond donors (Lipinski definition) is 1. The van der Waals surface area contributed by atoms with Crippen molar-refractivity contribution in [1.82, 2.24) is 5.32 Å². The van der Waals surface area contributed by atoms with Crippen LogP contribution in [0.25, 0.3) is 0 Å². The molecule has 0 aromatic rings. The highest BCUT2D eigenvalue weighted by molar-refractivity contribution is 5.48. The van der Waals surface area contributed by atoms with Gasteiger partial charge < -0.3 is 14.8 Å². The van der Waals surface area contributed by atoms with Gasteiger partial charge in [-0.3, -0.25) is 0 Å². The van der Waals surface area contributed by atoms with Gasteiger partial charge in [0.15, 0.2) is 0 Å². The van der Waals surface area contributed by atoms with Crippen molar-refractivity contribution in [3.8, 4) is 0 Å². The number of carbonyl (C=O) groups is 1. The lowest BCUT2D eigenvalue weighted by Crippen LogP contribution is -2.08. The van der Waals surface area contributed by atoms with Crippen molar-refractivity contribution in [1.29, 1.82) is 0 Å². The van der Waals surface area contributed by atoms with Crippen LogP contribution in [0, 0.1) is 5.92 Å². The molecule has 0 aromatic carbocycles. The first kappa shape index (κ1) is 18.9. The topological polar surface area (TPSA) is 38.3 Å². The maximum atomic E-state index is 9.80. The number of rotatable bonds is 10. The summed E-state index contributed by atoms with van der Waals surface area (Å²) in [6, 6.07) is 0. The number of ether oxygens (including phenoxy) is 1. The predicted molar refractivity (Wildman–Crippen MR) is 74.4 cm³/mol. The largest absolute Gasteiger partial charge is 0.382 e. The second-order valence-corrected chi connectivity index (χ2v) is 4.50. The summed E-state index contributed by atoms with van der Waals surface area (Å²) in [4.78, 5) is 9.80. The molecule has 0 heterocycles. The molecule has 0 atom stereocenters. The van der Waals surface area contributed by atoms with Crippen molar-refractivity contribution in [2.45, 2.75) is 52.9 Å². The van der Waals surface area contributed by atoms with Crippen molar-refractivity contribution in [2.24, 2.45) is 5.92 Å². The number of nitrogens with one attached hydrogen (secondary N) is 1. The Kier molecular flexibility index (Phi) is 20.0. The van der Waals surface area contributed by atoms with Gasteiger partial charge in [-0.1, -0.05) is 13.8 Å². The Morgan fingerprint density at radius 2 is 1.94 bits per heavy atom. The number of aldehydes is 1. The van der Waals surface area contributed by atoms with Crippen LogP contribution in [0.4, 0.5) is 0 Å². The Balaban J connectivity index is 0. The molecule has 104 valence electrons. The van der Waals surface area contributed by atoms with E-state index in [-0.39, 0.29) is 0 Å². The standard InChI is InChI=1S/C7H17N.C7H14O2/c1-7(2)5-4-6-8-3;1-2-9-7-5-3-4-6-8/h7-8H,4-6H2,1-3H3;6H,2-5,7H2,1H3. The fourth-order valence-electron chi connectivity index (χ4n) is 1.26. The van der Waals surface area contributed by atoms with Gasteiger partial charge in [0, 0.05) is 19.6 Å². The smallest absolute Gasteiger partial charge is 0.119 e. The summed E-state index contributed by atoms with van der Waals surface area (Å²) in [6.45, 7) is 9.23. The normalized spacial score (nSPS) is 9.94. The molecular formula is C14H31NO2. The van der Waals surface area contributed by atoms with E-state index in [0.29, 0.717) is 6.42 Å². The lowest BCUT2D eigenvalue weighted by Gasteiger charge is -2.01. The van der Waals surface area contributed by atoms with Gasteiger partial charge in [-0.05, 0) is 52.1 Å². The summed E-state index contributed by atoms with van der Waals surface area (Å²) in [7, 11) is 2.00. The molecule has 0 fully saturated rings. The zero-order valence-electron chi connectivity index (χ0n) is 12.1. The minimum absolute atomic E-state index is 0.674. The minimum Gasteiger partial charge on any atom is -0.382 e. The molecule has 0 amide bonds. The first-order valence-electron chi connectivity index (χ1n) is 6.84. The average Bonchev–Trinajstić information content (AvgIpc) is 2.30. The summed E-state index contributed by atoms with van der Waals surface area (Å²) in [5, 5.41) is 3.12. The SMILES string of the molecule is CCOCCCCC=O.CNCCCC(C)C. The monoisotopic (exact) mass is 245 g/mol. The third-order valence-corrected chi connectivity index (χ3v) is 2.27. The van der Waals surface area contributed by atoms with E-state index in [9.17, 15) is 4.79 Å². The maximum Gasteiger partial charge on any atom is 0.119 e. The number of hydrogen-bond acceptors (Lipinski definition) is 3. The predicted octanol–water partition coefficient (Wildman–Crippen LogP) is 3.03. The van der Waals surface area contributed by atoms with Crippen LogP contribution in [0.3, 0.4) is 0 Å². The van der Waals surface area contributed by atoms with Gasteiger partial charge in [-0.15, -0.1) is 0 Å². The molecule has 0 aromatic heterocycles. The van der Waals surface area contributed by atoms with Crippen LogP contribution < -0.4 is 5.32 Å². The molecule has 0 radical (unpaired) electrons. The molecular weight excluding hydrogens is 214 g/mol. The number of carbonyl (C=O) groups excluding carboxylic acids is 1. The van der Waals surface area contributed by atoms with Gasteiger partial charge in [0.25, 0.3) is 0 Å². The molecule has 0 aliphatic carbocycles. The third kappa shape index (κ3) is 25.7. The van der Waals surface area contributed by atoms with Crippen molar-refractivity contribution in [3.63, 3.8) is 0 Å². The zero-order chi connectivity index (χ0) is 13.4. The van der Waals surface area contributed by atoms with Crippen LogP contribution in [0.1, 0.15) is 52.9 Å². The lowest BCUT2D eigenvalue weighted by atomic mass is 10.1. The molecule has 1 N–H and O–H groups in total. The van der Waals surface area contributed by atoms with Gasteiger partial charge in [0.2, 0.25) is 0 Å². The highest BCUT2D eigenvalue weighted by Crippen LogP contribution is 2.00. The van der Waals surface area contributed by atoms with Gasteiger partial charge in [0.05, 0.1) is 0 Å². The quantitative estimate of drug-likeness (QED) is 0.475. The number of unbranched alkanes of at least 4 members (excludes halogenated alkanes) is 2. The fraction of sp³-hybridized carbons (Fsp3) is 0.929. The first-order valence-corrected chi connectivity index (χ1v) is 6.84. The van der Waals surface area contributed by atoms with Gasteiger partial charge in [-0.25, -0.2) is 0 Å². The molecule has 0 rings (SSSR count). The maximum absolute atomic E-state index is 9.80. The summed E-state index contributed by atoms with van der Waals surface area (Å²) in [5.41, 5.74) is 0. The van der Waals surface area contributed by atoms with Crippen LogP contribution in [0.2, 0.25) is 0 Å². The highest BCUT2D eigenvalue weighted by atomic mass is 16.5. The van der Waals surface area contributed by atoms with E-state index in [1.807, 2.05) is 14.0 Å². The van der Waals surface area contributed by atoms with Crippen LogP contribution in [0.15, 0.2) is 0 Å². The molecule has 0 saturated heterocycles. The van der Waals surface area contributed by atoms with Crippen LogP contribution >= 0.6 is 0 Å². The Morgan fingerprint density at radius 1 is 1.24 bits per heavy atom. The van der Waals surface area contributed by atoms with E-state index in [4.69, 9.17) is 4.74 Å². The average molecular weight is 245 g/mol. The molecule has 3 heteroatoms. The van der Waals surface area contributed by atoms with E-state index in [0.717, 1.165) is 44.8 Å². The molecule has 0 aliphatic rings. The highest BCUT2D eigenvalue weighted by Gasteiger charge is 1.90.